The number of nitrogens with one attached hydrogen (secondary N) is 1. The Kier molecular flexibility index (Phi) is 4.60. The molecular weight excluding hydrogens is 190 g/mol. The van der Waals surface area contributed by atoms with E-state index in [4.69, 9.17) is 0 Å². The maximum Gasteiger partial charge on any atom is 0.241 e. The van der Waals surface area contributed by atoms with Crippen molar-refractivity contribution in [2.24, 2.45) is 0 Å². The zero-order chi connectivity index (χ0) is 11.1. The SMILES string of the molecule is CCN(CC)C(=O)CNc1ccccn1. The summed E-state index contributed by atoms with van der Waals surface area (Å²) in [5.74, 6) is 0.837. The van der Waals surface area contributed by atoms with Crippen LogP contribution in [0.1, 0.15) is 13.8 Å². The van der Waals surface area contributed by atoms with Crippen LogP contribution in [0.15, 0.2) is 24.4 Å². The lowest BCUT2D eigenvalue weighted by molar-refractivity contribution is -0.128. The van der Waals surface area contributed by atoms with E-state index < -0.39 is 0 Å². The van der Waals surface area contributed by atoms with E-state index in [0.29, 0.717) is 6.54 Å². The van der Waals surface area contributed by atoms with Gasteiger partial charge in [-0.05, 0) is 26.0 Å². The van der Waals surface area contributed by atoms with Crippen LogP contribution in [-0.4, -0.2) is 35.4 Å². The highest BCUT2D eigenvalue weighted by atomic mass is 16.2. The van der Waals surface area contributed by atoms with Gasteiger partial charge < -0.3 is 10.2 Å². The van der Waals surface area contributed by atoms with Gasteiger partial charge in [-0.2, -0.15) is 0 Å². The van der Waals surface area contributed by atoms with Crippen molar-refractivity contribution in [2.75, 3.05) is 25.0 Å². The molecule has 0 bridgehead atoms. The number of likely N-dealkylation sites (N-methyl/N-ethyl adjacent to an activating group) is 1. The number of pyridine rings is 1. The molecule has 0 spiro atoms. The van der Waals surface area contributed by atoms with Gasteiger partial charge in [0.2, 0.25) is 5.91 Å². The molecule has 1 N–H and O–H groups in total. The summed E-state index contributed by atoms with van der Waals surface area (Å²) in [6.45, 7) is 5.75. The summed E-state index contributed by atoms with van der Waals surface area (Å²) in [6, 6.07) is 5.57. The molecule has 1 aromatic rings. The molecule has 0 saturated heterocycles. The molecular formula is C11H17N3O. The van der Waals surface area contributed by atoms with Crippen molar-refractivity contribution in [1.29, 1.82) is 0 Å². The molecule has 15 heavy (non-hydrogen) atoms. The second kappa shape index (κ2) is 6.01. The highest BCUT2D eigenvalue weighted by Gasteiger charge is 2.08. The lowest BCUT2D eigenvalue weighted by Gasteiger charge is -2.18. The highest BCUT2D eigenvalue weighted by Crippen LogP contribution is 1.99. The van der Waals surface area contributed by atoms with Crippen LogP contribution < -0.4 is 5.32 Å². The van der Waals surface area contributed by atoms with Gasteiger partial charge in [-0.1, -0.05) is 6.07 Å². The Morgan fingerprint density at radius 2 is 2.13 bits per heavy atom. The number of carbonyl (C=O) groups excluding carboxylic acids is 1. The van der Waals surface area contributed by atoms with Crippen LogP contribution in [-0.2, 0) is 4.79 Å². The first-order valence-corrected chi connectivity index (χ1v) is 5.20. The maximum atomic E-state index is 11.6. The summed E-state index contributed by atoms with van der Waals surface area (Å²) in [5.41, 5.74) is 0. The molecule has 0 aliphatic heterocycles. The van der Waals surface area contributed by atoms with Gasteiger partial charge in [0.1, 0.15) is 5.82 Å². The summed E-state index contributed by atoms with van der Waals surface area (Å²) in [6.07, 6.45) is 1.70. The van der Waals surface area contributed by atoms with Crippen molar-refractivity contribution in [3.8, 4) is 0 Å². The van der Waals surface area contributed by atoms with Crippen LogP contribution in [0.2, 0.25) is 0 Å². The molecule has 0 fully saturated rings. The predicted octanol–water partition coefficient (Wildman–Crippen LogP) is 1.36. The third-order valence-electron chi connectivity index (χ3n) is 2.20. The lowest BCUT2D eigenvalue weighted by Crippen LogP contribution is -2.35. The molecule has 82 valence electrons. The summed E-state index contributed by atoms with van der Waals surface area (Å²) < 4.78 is 0. The third-order valence-corrected chi connectivity index (χ3v) is 2.20. The van der Waals surface area contributed by atoms with Crippen molar-refractivity contribution < 1.29 is 4.79 Å². The fraction of sp³-hybridized carbons (Fsp3) is 0.455. The smallest absolute Gasteiger partial charge is 0.241 e. The first-order chi connectivity index (χ1) is 7.27. The minimum absolute atomic E-state index is 0.102. The van der Waals surface area contributed by atoms with Gasteiger partial charge in [-0.25, -0.2) is 4.98 Å². The van der Waals surface area contributed by atoms with Gasteiger partial charge in [0.25, 0.3) is 0 Å². The van der Waals surface area contributed by atoms with E-state index >= 15 is 0 Å². The molecule has 0 saturated carbocycles. The number of hydrogen-bond acceptors (Lipinski definition) is 3. The van der Waals surface area contributed by atoms with E-state index in [1.807, 2.05) is 32.0 Å². The molecule has 0 radical (unpaired) electrons. The van der Waals surface area contributed by atoms with Gasteiger partial charge >= 0.3 is 0 Å². The minimum atomic E-state index is 0.102. The average molecular weight is 207 g/mol. The molecule has 1 aromatic heterocycles. The minimum Gasteiger partial charge on any atom is -0.361 e. The Bertz CT molecular complexity index is 296. The quantitative estimate of drug-likeness (QED) is 0.793. The first kappa shape index (κ1) is 11.5. The number of aromatic nitrogens is 1. The van der Waals surface area contributed by atoms with Crippen molar-refractivity contribution in [3.63, 3.8) is 0 Å². The Hall–Kier alpha value is -1.58. The number of hydrogen-bond donors (Lipinski definition) is 1. The number of anilines is 1. The Morgan fingerprint density at radius 3 is 2.67 bits per heavy atom. The Balaban J connectivity index is 2.40. The molecule has 1 rings (SSSR count). The Morgan fingerprint density at radius 1 is 1.40 bits per heavy atom. The molecule has 0 aliphatic carbocycles. The van der Waals surface area contributed by atoms with Crippen LogP contribution in [0.4, 0.5) is 5.82 Å². The van der Waals surface area contributed by atoms with Gasteiger partial charge in [-0.15, -0.1) is 0 Å². The lowest BCUT2D eigenvalue weighted by atomic mass is 10.4. The summed E-state index contributed by atoms with van der Waals surface area (Å²) >= 11 is 0. The zero-order valence-corrected chi connectivity index (χ0v) is 9.23. The second-order valence-corrected chi connectivity index (χ2v) is 3.13. The van der Waals surface area contributed by atoms with Crippen molar-refractivity contribution in [3.05, 3.63) is 24.4 Å². The van der Waals surface area contributed by atoms with Gasteiger partial charge in [0.15, 0.2) is 0 Å². The average Bonchev–Trinajstić information content (AvgIpc) is 2.29. The van der Waals surface area contributed by atoms with Crippen LogP contribution in [0, 0.1) is 0 Å². The zero-order valence-electron chi connectivity index (χ0n) is 9.23. The van der Waals surface area contributed by atoms with E-state index in [2.05, 4.69) is 10.3 Å². The fourth-order valence-electron chi connectivity index (χ4n) is 1.32. The standard InChI is InChI=1S/C11H17N3O/c1-3-14(4-2)11(15)9-13-10-7-5-6-8-12-10/h5-8H,3-4,9H2,1-2H3,(H,12,13). The van der Waals surface area contributed by atoms with Crippen molar-refractivity contribution >= 4 is 11.7 Å². The van der Waals surface area contributed by atoms with E-state index in [1.54, 1.807) is 11.1 Å². The van der Waals surface area contributed by atoms with Crippen LogP contribution in [0.5, 0.6) is 0 Å². The molecule has 1 heterocycles. The number of rotatable bonds is 5. The third kappa shape index (κ3) is 3.58. The van der Waals surface area contributed by atoms with Gasteiger partial charge in [0, 0.05) is 19.3 Å². The molecule has 4 heteroatoms. The fourth-order valence-corrected chi connectivity index (χ4v) is 1.32. The number of nitrogens with zero attached hydrogens (tertiary/aromatic N) is 2. The summed E-state index contributed by atoms with van der Waals surface area (Å²) in [4.78, 5) is 17.5. The monoisotopic (exact) mass is 207 g/mol. The van der Waals surface area contributed by atoms with Gasteiger partial charge in [0.05, 0.1) is 6.54 Å². The summed E-state index contributed by atoms with van der Waals surface area (Å²) in [5, 5.41) is 2.99. The molecule has 4 nitrogen and oxygen atoms in total. The maximum absolute atomic E-state index is 11.6. The second-order valence-electron chi connectivity index (χ2n) is 3.13. The number of carbonyl (C=O) groups is 1. The molecule has 0 aliphatic rings. The number of amides is 1. The van der Waals surface area contributed by atoms with E-state index in [1.165, 1.54) is 0 Å². The predicted molar refractivity (Wildman–Crippen MR) is 60.7 cm³/mol. The van der Waals surface area contributed by atoms with Crippen LogP contribution >= 0.6 is 0 Å². The van der Waals surface area contributed by atoms with E-state index in [9.17, 15) is 4.79 Å². The van der Waals surface area contributed by atoms with E-state index in [-0.39, 0.29) is 5.91 Å². The Labute approximate surface area is 90.3 Å². The van der Waals surface area contributed by atoms with Gasteiger partial charge in [-0.3, -0.25) is 4.79 Å². The molecule has 0 atom stereocenters. The largest absolute Gasteiger partial charge is 0.361 e. The van der Waals surface area contributed by atoms with Crippen LogP contribution in [0.25, 0.3) is 0 Å². The summed E-state index contributed by atoms with van der Waals surface area (Å²) in [7, 11) is 0. The molecule has 0 aromatic carbocycles. The first-order valence-electron chi connectivity index (χ1n) is 5.20. The van der Waals surface area contributed by atoms with Crippen molar-refractivity contribution in [2.45, 2.75) is 13.8 Å². The topological polar surface area (TPSA) is 45.2 Å². The molecule has 1 amide bonds. The van der Waals surface area contributed by atoms with Crippen LogP contribution in [0.3, 0.4) is 0 Å². The normalized spacial score (nSPS) is 9.73. The van der Waals surface area contributed by atoms with Crippen molar-refractivity contribution in [1.82, 2.24) is 9.88 Å². The highest BCUT2D eigenvalue weighted by molar-refractivity contribution is 5.80. The molecule has 0 unspecified atom stereocenters. The van der Waals surface area contributed by atoms with E-state index in [0.717, 1.165) is 18.9 Å².